The SMILES string of the molecule is Cc1cccc([N+](=O)[O-])c1S(=O)(=O)N1CCC(N2CCNCC2)C1. The van der Waals surface area contributed by atoms with Crippen LogP contribution >= 0.6 is 0 Å². The topological polar surface area (TPSA) is 95.8 Å². The normalized spacial score (nSPS) is 23.5. The molecule has 1 unspecified atom stereocenters. The second-order valence-electron chi connectivity index (χ2n) is 6.27. The lowest BCUT2D eigenvalue weighted by atomic mass is 10.2. The first-order valence-electron chi connectivity index (χ1n) is 8.10. The van der Waals surface area contributed by atoms with Gasteiger partial charge < -0.3 is 5.32 Å². The predicted octanol–water partition coefficient (Wildman–Crippen LogP) is 0.571. The number of rotatable bonds is 4. The van der Waals surface area contributed by atoms with Gasteiger partial charge in [-0.2, -0.15) is 4.31 Å². The standard InChI is InChI=1S/C15H22N4O4S/c1-12-3-2-4-14(19(20)21)15(12)24(22,23)18-8-5-13(11-18)17-9-6-16-7-10-17/h2-4,13,16H,5-11H2,1H3. The van der Waals surface area contributed by atoms with E-state index in [0.717, 1.165) is 32.6 Å². The third-order valence-electron chi connectivity index (χ3n) is 4.78. The molecule has 24 heavy (non-hydrogen) atoms. The summed E-state index contributed by atoms with van der Waals surface area (Å²) in [6.07, 6.45) is 0.763. The lowest BCUT2D eigenvalue weighted by Crippen LogP contribution is -2.49. The Morgan fingerprint density at radius 1 is 1.25 bits per heavy atom. The fourth-order valence-corrected chi connectivity index (χ4v) is 5.37. The highest BCUT2D eigenvalue weighted by Crippen LogP contribution is 2.32. The summed E-state index contributed by atoms with van der Waals surface area (Å²) in [5.74, 6) is 0. The van der Waals surface area contributed by atoms with Crippen molar-refractivity contribution in [1.82, 2.24) is 14.5 Å². The molecule has 0 bridgehead atoms. The molecule has 1 atom stereocenters. The van der Waals surface area contributed by atoms with Gasteiger partial charge in [0.25, 0.3) is 5.69 Å². The maximum Gasteiger partial charge on any atom is 0.289 e. The van der Waals surface area contributed by atoms with Gasteiger partial charge in [-0.1, -0.05) is 12.1 Å². The van der Waals surface area contributed by atoms with Crippen LogP contribution in [0.25, 0.3) is 0 Å². The van der Waals surface area contributed by atoms with Crippen molar-refractivity contribution in [3.63, 3.8) is 0 Å². The Balaban J connectivity index is 1.86. The van der Waals surface area contributed by atoms with Gasteiger partial charge in [0.15, 0.2) is 4.90 Å². The zero-order valence-corrected chi connectivity index (χ0v) is 14.5. The first-order valence-corrected chi connectivity index (χ1v) is 9.54. The molecule has 9 heteroatoms. The molecule has 3 rings (SSSR count). The van der Waals surface area contributed by atoms with E-state index in [0.29, 0.717) is 18.7 Å². The van der Waals surface area contributed by atoms with Gasteiger partial charge in [-0.3, -0.25) is 15.0 Å². The smallest absolute Gasteiger partial charge is 0.289 e. The van der Waals surface area contributed by atoms with Crippen LogP contribution in [0.4, 0.5) is 5.69 Å². The van der Waals surface area contributed by atoms with Crippen LogP contribution in [0.3, 0.4) is 0 Å². The fraction of sp³-hybridized carbons (Fsp3) is 0.600. The van der Waals surface area contributed by atoms with Crippen LogP contribution in [0.15, 0.2) is 23.1 Å². The molecule has 2 heterocycles. The van der Waals surface area contributed by atoms with E-state index in [1.165, 1.54) is 16.4 Å². The summed E-state index contributed by atoms with van der Waals surface area (Å²) in [6.45, 7) is 6.03. The van der Waals surface area contributed by atoms with Crippen molar-refractivity contribution in [1.29, 1.82) is 0 Å². The summed E-state index contributed by atoms with van der Waals surface area (Å²) in [6, 6.07) is 4.55. The summed E-state index contributed by atoms with van der Waals surface area (Å²) in [5.41, 5.74) is 0.0652. The first-order chi connectivity index (χ1) is 11.4. The lowest BCUT2D eigenvalue weighted by molar-refractivity contribution is -0.387. The average Bonchev–Trinajstić information content (AvgIpc) is 3.06. The molecular weight excluding hydrogens is 332 g/mol. The molecule has 1 aromatic carbocycles. The Labute approximate surface area is 141 Å². The zero-order valence-electron chi connectivity index (χ0n) is 13.6. The molecule has 1 N–H and O–H groups in total. The van der Waals surface area contributed by atoms with Crippen LogP contribution in [-0.4, -0.2) is 67.9 Å². The van der Waals surface area contributed by atoms with E-state index in [1.54, 1.807) is 13.0 Å². The minimum Gasteiger partial charge on any atom is -0.314 e. The van der Waals surface area contributed by atoms with Gasteiger partial charge in [0, 0.05) is 51.4 Å². The lowest BCUT2D eigenvalue weighted by Gasteiger charge is -2.32. The molecule has 2 aliphatic heterocycles. The molecule has 2 saturated heterocycles. The predicted molar refractivity (Wildman–Crippen MR) is 89.4 cm³/mol. The number of piperazine rings is 1. The molecule has 1 aromatic rings. The minimum atomic E-state index is -3.87. The Morgan fingerprint density at radius 3 is 2.62 bits per heavy atom. The highest BCUT2D eigenvalue weighted by atomic mass is 32.2. The van der Waals surface area contributed by atoms with Crippen LogP contribution in [0.1, 0.15) is 12.0 Å². The number of sulfonamides is 1. The Hall–Kier alpha value is -1.55. The average molecular weight is 354 g/mol. The van der Waals surface area contributed by atoms with Crippen LogP contribution < -0.4 is 5.32 Å². The third kappa shape index (κ3) is 3.16. The van der Waals surface area contributed by atoms with Gasteiger partial charge in [0.1, 0.15) is 0 Å². The van der Waals surface area contributed by atoms with Gasteiger partial charge in [-0.15, -0.1) is 0 Å². The number of nitro groups is 1. The van der Waals surface area contributed by atoms with Crippen LogP contribution in [0, 0.1) is 17.0 Å². The van der Waals surface area contributed by atoms with E-state index in [4.69, 9.17) is 0 Å². The van der Waals surface area contributed by atoms with E-state index < -0.39 is 14.9 Å². The molecule has 0 aliphatic carbocycles. The van der Waals surface area contributed by atoms with E-state index in [2.05, 4.69) is 10.2 Å². The Bertz CT molecular complexity index is 731. The molecule has 132 valence electrons. The molecule has 0 aromatic heterocycles. The third-order valence-corrected chi connectivity index (χ3v) is 6.84. The van der Waals surface area contributed by atoms with Crippen molar-refractivity contribution < 1.29 is 13.3 Å². The fourth-order valence-electron chi connectivity index (χ4n) is 3.52. The van der Waals surface area contributed by atoms with Crippen molar-refractivity contribution in [3.05, 3.63) is 33.9 Å². The Morgan fingerprint density at radius 2 is 1.96 bits per heavy atom. The molecule has 8 nitrogen and oxygen atoms in total. The summed E-state index contributed by atoms with van der Waals surface area (Å²) < 4.78 is 27.4. The van der Waals surface area contributed by atoms with E-state index in [-0.39, 0.29) is 16.6 Å². The summed E-state index contributed by atoms with van der Waals surface area (Å²) in [5, 5.41) is 14.5. The number of nitrogens with zero attached hydrogens (tertiary/aromatic N) is 3. The van der Waals surface area contributed by atoms with E-state index in [1.807, 2.05) is 0 Å². The van der Waals surface area contributed by atoms with Crippen LogP contribution in [-0.2, 0) is 10.0 Å². The summed E-state index contributed by atoms with van der Waals surface area (Å²) in [4.78, 5) is 12.8. The second kappa shape index (κ2) is 6.75. The van der Waals surface area contributed by atoms with Crippen molar-refractivity contribution in [2.45, 2.75) is 24.3 Å². The van der Waals surface area contributed by atoms with Gasteiger partial charge in [0.2, 0.25) is 10.0 Å². The first kappa shape index (κ1) is 17.3. The van der Waals surface area contributed by atoms with Crippen LogP contribution in [0.2, 0.25) is 0 Å². The monoisotopic (exact) mass is 354 g/mol. The molecule has 2 fully saturated rings. The van der Waals surface area contributed by atoms with Crippen molar-refractivity contribution in [3.8, 4) is 0 Å². The zero-order chi connectivity index (χ0) is 17.3. The van der Waals surface area contributed by atoms with Crippen molar-refractivity contribution >= 4 is 15.7 Å². The van der Waals surface area contributed by atoms with E-state index >= 15 is 0 Å². The van der Waals surface area contributed by atoms with Gasteiger partial charge in [0.05, 0.1) is 4.92 Å². The Kier molecular flexibility index (Phi) is 4.86. The molecular formula is C15H22N4O4S. The number of hydrogen-bond donors (Lipinski definition) is 1. The molecule has 0 amide bonds. The van der Waals surface area contributed by atoms with E-state index in [9.17, 15) is 18.5 Å². The number of benzene rings is 1. The largest absolute Gasteiger partial charge is 0.314 e. The quantitative estimate of drug-likeness (QED) is 0.627. The maximum atomic E-state index is 13.0. The number of nitrogens with one attached hydrogen (secondary N) is 1. The summed E-state index contributed by atoms with van der Waals surface area (Å²) >= 11 is 0. The molecule has 0 spiro atoms. The number of aryl methyl sites for hydroxylation is 1. The van der Waals surface area contributed by atoms with Crippen LogP contribution in [0.5, 0.6) is 0 Å². The van der Waals surface area contributed by atoms with Gasteiger partial charge in [-0.05, 0) is 18.9 Å². The van der Waals surface area contributed by atoms with Crippen molar-refractivity contribution in [2.24, 2.45) is 0 Å². The van der Waals surface area contributed by atoms with Gasteiger partial charge in [-0.25, -0.2) is 8.42 Å². The molecule has 2 aliphatic rings. The highest BCUT2D eigenvalue weighted by Gasteiger charge is 2.39. The van der Waals surface area contributed by atoms with Crippen molar-refractivity contribution in [2.75, 3.05) is 39.3 Å². The van der Waals surface area contributed by atoms with Gasteiger partial charge >= 0.3 is 0 Å². The molecule has 0 radical (unpaired) electrons. The second-order valence-corrected chi connectivity index (χ2v) is 8.15. The highest BCUT2D eigenvalue weighted by molar-refractivity contribution is 7.89. The number of nitro benzene ring substituents is 1. The minimum absolute atomic E-state index is 0.170. The number of hydrogen-bond acceptors (Lipinski definition) is 6. The maximum absolute atomic E-state index is 13.0. The summed E-state index contributed by atoms with van der Waals surface area (Å²) in [7, 11) is -3.87. The molecule has 0 saturated carbocycles.